The SMILES string of the molecule is [C-]#[N+]c1cccc2c1sc1c2ccc2c1c1ccccc1n2-c1cc(C#N)cc(-c2ccccc2-c2cccc(-n3c4ccccc4c4ccccc43)c2)c1. The van der Waals surface area contributed by atoms with Crippen LogP contribution >= 0.6 is 11.3 Å². The van der Waals surface area contributed by atoms with Gasteiger partial charge in [0.15, 0.2) is 0 Å². The van der Waals surface area contributed by atoms with E-state index in [2.05, 4.69) is 166 Å². The molecule has 3 heterocycles. The molecule has 0 spiro atoms. The molecular formula is C50H28N4S. The lowest BCUT2D eigenvalue weighted by molar-refractivity contribution is 1.18. The highest BCUT2D eigenvalue weighted by atomic mass is 32.1. The number of thiophene rings is 1. The summed E-state index contributed by atoms with van der Waals surface area (Å²) in [5.41, 5.74) is 12.0. The van der Waals surface area contributed by atoms with Gasteiger partial charge in [-0.25, -0.2) is 4.85 Å². The van der Waals surface area contributed by atoms with E-state index in [-0.39, 0.29) is 0 Å². The number of hydrogen-bond donors (Lipinski definition) is 0. The maximum absolute atomic E-state index is 10.4. The number of fused-ring (bicyclic) bond motifs is 10. The van der Waals surface area contributed by atoms with Gasteiger partial charge in [-0.1, -0.05) is 115 Å². The Balaban J connectivity index is 1.11. The standard InChI is InChI=1S/C50H28N4S/c1-52-43-20-11-19-40-41-24-25-47-48(50(41)55-49(40)43)42-18-6-9-23-46(42)54(47)35-27-31(30-51)26-33(29-35)37-15-3-2-14-36(37)32-12-10-13-34(28-32)53-44-21-7-4-16-38(44)39-17-5-8-22-45(39)53/h2-29H. The summed E-state index contributed by atoms with van der Waals surface area (Å²) >= 11 is 1.69. The molecule has 0 N–H and O–H groups in total. The molecule has 0 aliphatic rings. The minimum absolute atomic E-state index is 0.594. The molecule has 254 valence electrons. The van der Waals surface area contributed by atoms with Crippen LogP contribution in [-0.2, 0) is 0 Å². The van der Waals surface area contributed by atoms with E-state index >= 15 is 0 Å². The van der Waals surface area contributed by atoms with Gasteiger partial charge in [0, 0.05) is 42.3 Å². The maximum atomic E-state index is 10.4. The van der Waals surface area contributed by atoms with E-state index < -0.39 is 0 Å². The lowest BCUT2D eigenvalue weighted by Crippen LogP contribution is -1.97. The fourth-order valence-electron chi connectivity index (χ4n) is 8.62. The first-order chi connectivity index (χ1) is 27.2. The third-order valence-electron chi connectivity index (χ3n) is 10.9. The largest absolute Gasteiger partial charge is 0.309 e. The Bertz CT molecular complexity index is 3420. The van der Waals surface area contributed by atoms with Crippen LogP contribution in [0.5, 0.6) is 0 Å². The second kappa shape index (κ2) is 12.0. The van der Waals surface area contributed by atoms with Gasteiger partial charge < -0.3 is 9.13 Å². The van der Waals surface area contributed by atoms with Crippen molar-refractivity contribution in [3.63, 3.8) is 0 Å². The minimum atomic E-state index is 0.594. The van der Waals surface area contributed by atoms with Crippen molar-refractivity contribution in [3.8, 4) is 39.7 Å². The lowest BCUT2D eigenvalue weighted by Gasteiger charge is -2.15. The van der Waals surface area contributed by atoms with Gasteiger partial charge >= 0.3 is 0 Å². The van der Waals surface area contributed by atoms with Gasteiger partial charge in [-0.3, -0.25) is 0 Å². The van der Waals surface area contributed by atoms with E-state index in [1.54, 1.807) is 11.3 Å². The molecule has 0 radical (unpaired) electrons. The molecule has 5 heteroatoms. The molecule has 11 aromatic rings. The molecule has 4 nitrogen and oxygen atoms in total. The van der Waals surface area contributed by atoms with Crippen LogP contribution in [0.1, 0.15) is 5.56 Å². The third-order valence-corrected chi connectivity index (χ3v) is 12.2. The number of hydrogen-bond acceptors (Lipinski definition) is 2. The number of nitrogens with zero attached hydrogens (tertiary/aromatic N) is 4. The van der Waals surface area contributed by atoms with E-state index in [1.807, 2.05) is 24.3 Å². The van der Waals surface area contributed by atoms with Crippen LogP contribution in [0, 0.1) is 17.9 Å². The zero-order chi connectivity index (χ0) is 36.6. The molecule has 0 saturated carbocycles. The molecule has 0 fully saturated rings. The number of para-hydroxylation sites is 3. The molecule has 0 amide bonds. The zero-order valence-corrected chi connectivity index (χ0v) is 30.2. The van der Waals surface area contributed by atoms with Crippen molar-refractivity contribution in [3.05, 3.63) is 187 Å². The van der Waals surface area contributed by atoms with Crippen LogP contribution < -0.4 is 0 Å². The number of nitriles is 1. The minimum Gasteiger partial charge on any atom is -0.309 e. The average Bonchev–Trinajstić information content (AvgIpc) is 3.91. The van der Waals surface area contributed by atoms with Crippen LogP contribution in [0.25, 0.3) is 102 Å². The first kappa shape index (κ1) is 31.1. The Morgan fingerprint density at radius 1 is 0.473 bits per heavy atom. The van der Waals surface area contributed by atoms with Crippen molar-refractivity contribution < 1.29 is 0 Å². The number of aromatic nitrogens is 2. The van der Waals surface area contributed by atoms with Crippen molar-refractivity contribution in [1.29, 1.82) is 5.26 Å². The van der Waals surface area contributed by atoms with Gasteiger partial charge in [0.25, 0.3) is 0 Å². The van der Waals surface area contributed by atoms with Gasteiger partial charge in [-0.05, 0) is 87.6 Å². The smallest absolute Gasteiger partial charge is 0.204 e. The first-order valence-corrected chi connectivity index (χ1v) is 19.0. The molecule has 0 aliphatic heterocycles. The number of benzene rings is 8. The lowest BCUT2D eigenvalue weighted by atomic mass is 9.93. The predicted molar refractivity (Wildman–Crippen MR) is 230 cm³/mol. The van der Waals surface area contributed by atoms with Gasteiger partial charge in [-0.15, -0.1) is 11.3 Å². The Morgan fingerprint density at radius 3 is 1.78 bits per heavy atom. The van der Waals surface area contributed by atoms with Gasteiger partial charge in [0.05, 0.1) is 40.3 Å². The molecule has 0 saturated heterocycles. The van der Waals surface area contributed by atoms with Gasteiger partial charge in [0.2, 0.25) is 5.69 Å². The zero-order valence-electron chi connectivity index (χ0n) is 29.4. The molecule has 8 aromatic carbocycles. The van der Waals surface area contributed by atoms with E-state index in [4.69, 9.17) is 6.57 Å². The molecule has 11 rings (SSSR count). The fraction of sp³-hybridized carbons (Fsp3) is 0. The first-order valence-electron chi connectivity index (χ1n) is 18.2. The number of rotatable bonds is 4. The van der Waals surface area contributed by atoms with Crippen molar-refractivity contribution in [2.75, 3.05) is 0 Å². The summed E-state index contributed by atoms with van der Waals surface area (Å²) in [5, 5.41) is 17.5. The van der Waals surface area contributed by atoms with E-state index in [0.717, 1.165) is 70.9 Å². The van der Waals surface area contributed by atoms with Gasteiger partial charge in [-0.2, -0.15) is 5.26 Å². The summed E-state index contributed by atoms with van der Waals surface area (Å²) in [6, 6.07) is 62.0. The molecule has 55 heavy (non-hydrogen) atoms. The predicted octanol–water partition coefficient (Wildman–Crippen LogP) is 14.0. The molecule has 0 aliphatic carbocycles. The summed E-state index contributed by atoms with van der Waals surface area (Å²) in [5.74, 6) is 0. The van der Waals surface area contributed by atoms with E-state index in [9.17, 15) is 5.26 Å². The van der Waals surface area contributed by atoms with Crippen LogP contribution in [0.3, 0.4) is 0 Å². The van der Waals surface area contributed by atoms with Crippen molar-refractivity contribution >= 4 is 80.8 Å². The van der Waals surface area contributed by atoms with Crippen LogP contribution in [-0.4, -0.2) is 9.13 Å². The highest BCUT2D eigenvalue weighted by Crippen LogP contribution is 2.46. The van der Waals surface area contributed by atoms with Gasteiger partial charge in [0.1, 0.15) is 0 Å². The quantitative estimate of drug-likeness (QED) is 0.167. The summed E-state index contributed by atoms with van der Waals surface area (Å²) in [6.45, 7) is 7.81. The van der Waals surface area contributed by atoms with Crippen LogP contribution in [0.2, 0.25) is 0 Å². The van der Waals surface area contributed by atoms with Crippen molar-refractivity contribution in [1.82, 2.24) is 9.13 Å². The van der Waals surface area contributed by atoms with Crippen molar-refractivity contribution in [2.24, 2.45) is 0 Å². The Morgan fingerprint density at radius 2 is 1.05 bits per heavy atom. The normalized spacial score (nSPS) is 11.6. The topological polar surface area (TPSA) is 38.0 Å². The average molecular weight is 717 g/mol. The highest BCUT2D eigenvalue weighted by molar-refractivity contribution is 7.27. The highest BCUT2D eigenvalue weighted by Gasteiger charge is 2.20. The Hall–Kier alpha value is -7.44. The summed E-state index contributed by atoms with van der Waals surface area (Å²) < 4.78 is 6.83. The molecule has 3 aromatic heterocycles. The van der Waals surface area contributed by atoms with Crippen LogP contribution in [0.4, 0.5) is 5.69 Å². The molecule has 0 atom stereocenters. The molecular weight excluding hydrogens is 689 g/mol. The Kier molecular flexibility index (Phi) is 6.82. The van der Waals surface area contributed by atoms with E-state index in [0.29, 0.717) is 11.3 Å². The summed E-state index contributed by atoms with van der Waals surface area (Å²) in [6.07, 6.45) is 0. The fourth-order valence-corrected chi connectivity index (χ4v) is 9.93. The molecule has 0 bridgehead atoms. The van der Waals surface area contributed by atoms with Crippen LogP contribution in [0.15, 0.2) is 170 Å². The van der Waals surface area contributed by atoms with Crippen molar-refractivity contribution in [2.45, 2.75) is 0 Å². The molecule has 0 unspecified atom stereocenters. The second-order valence-corrected chi connectivity index (χ2v) is 14.9. The summed E-state index contributed by atoms with van der Waals surface area (Å²) in [4.78, 5) is 3.84. The maximum Gasteiger partial charge on any atom is 0.204 e. The Labute approximate surface area is 320 Å². The second-order valence-electron chi connectivity index (χ2n) is 13.9. The van der Waals surface area contributed by atoms with E-state index in [1.165, 1.54) is 26.5 Å². The summed E-state index contributed by atoms with van der Waals surface area (Å²) in [7, 11) is 0. The third kappa shape index (κ3) is 4.61. The monoisotopic (exact) mass is 716 g/mol.